The second-order valence-electron chi connectivity index (χ2n) is 3.24. The summed E-state index contributed by atoms with van der Waals surface area (Å²) in [6.07, 6.45) is 0. The molecule has 0 bridgehead atoms. The molecule has 0 aliphatic heterocycles. The van der Waals surface area contributed by atoms with Crippen LogP contribution in [0.3, 0.4) is 0 Å². The van der Waals surface area contributed by atoms with Crippen molar-refractivity contribution in [2.45, 2.75) is 6.92 Å². The quantitative estimate of drug-likeness (QED) is 0.783. The zero-order valence-electron chi connectivity index (χ0n) is 8.19. The van der Waals surface area contributed by atoms with Crippen molar-refractivity contribution in [1.82, 2.24) is 10.2 Å². The van der Waals surface area contributed by atoms with Crippen LogP contribution in [0.1, 0.15) is 16.2 Å². The molecule has 1 heterocycles. The summed E-state index contributed by atoms with van der Waals surface area (Å²) in [6, 6.07) is 9.36. The highest BCUT2D eigenvalue weighted by Crippen LogP contribution is 2.25. The Morgan fingerprint density at radius 3 is 2.60 bits per heavy atom. The number of nitrogens with one attached hydrogen (secondary N) is 1. The van der Waals surface area contributed by atoms with Crippen LogP contribution in [0.4, 0.5) is 0 Å². The Balaban J connectivity index is 2.62. The number of rotatable bonds is 2. The first-order valence-electron chi connectivity index (χ1n) is 4.54. The number of benzene rings is 1. The largest absolute Gasteiger partial charge is 0.476 e. The Labute approximate surface area is 86.6 Å². The van der Waals surface area contributed by atoms with Crippen LogP contribution in [0.2, 0.25) is 0 Å². The van der Waals surface area contributed by atoms with Crippen molar-refractivity contribution in [3.63, 3.8) is 0 Å². The fraction of sp³-hybridized carbons (Fsp3) is 0.0909. The zero-order valence-corrected chi connectivity index (χ0v) is 8.19. The topological polar surface area (TPSA) is 66.0 Å². The van der Waals surface area contributed by atoms with E-state index in [0.717, 1.165) is 11.3 Å². The molecule has 0 radical (unpaired) electrons. The van der Waals surface area contributed by atoms with Gasteiger partial charge in [-0.2, -0.15) is 5.10 Å². The van der Waals surface area contributed by atoms with E-state index in [2.05, 4.69) is 10.2 Å². The van der Waals surface area contributed by atoms with Crippen molar-refractivity contribution in [1.29, 1.82) is 0 Å². The van der Waals surface area contributed by atoms with Crippen molar-refractivity contribution in [2.24, 2.45) is 0 Å². The summed E-state index contributed by atoms with van der Waals surface area (Å²) >= 11 is 0. The van der Waals surface area contributed by atoms with Crippen molar-refractivity contribution >= 4 is 5.97 Å². The molecule has 0 spiro atoms. The summed E-state index contributed by atoms with van der Waals surface area (Å²) in [5.74, 6) is -1.02. The lowest BCUT2D eigenvalue weighted by Gasteiger charge is -2.00. The van der Waals surface area contributed by atoms with Crippen LogP contribution in [-0.4, -0.2) is 21.3 Å². The zero-order chi connectivity index (χ0) is 10.8. The van der Waals surface area contributed by atoms with Crippen LogP contribution in [0.25, 0.3) is 11.1 Å². The first-order valence-corrected chi connectivity index (χ1v) is 4.54. The molecule has 1 aromatic heterocycles. The molecule has 1 aromatic carbocycles. The number of aromatic amines is 1. The van der Waals surface area contributed by atoms with Gasteiger partial charge in [0.1, 0.15) is 0 Å². The van der Waals surface area contributed by atoms with E-state index in [1.807, 2.05) is 37.3 Å². The van der Waals surface area contributed by atoms with Gasteiger partial charge in [0.15, 0.2) is 5.69 Å². The molecule has 0 unspecified atom stereocenters. The average Bonchev–Trinajstić information content (AvgIpc) is 2.61. The lowest BCUT2D eigenvalue weighted by molar-refractivity contribution is 0.0691. The minimum Gasteiger partial charge on any atom is -0.476 e. The Kier molecular flexibility index (Phi) is 2.25. The molecule has 15 heavy (non-hydrogen) atoms. The van der Waals surface area contributed by atoms with Crippen LogP contribution >= 0.6 is 0 Å². The Bertz CT molecular complexity index is 489. The molecule has 0 aliphatic carbocycles. The van der Waals surface area contributed by atoms with E-state index in [4.69, 9.17) is 5.11 Å². The molecular formula is C11H10N2O2. The molecule has 2 N–H and O–H groups in total. The summed E-state index contributed by atoms with van der Waals surface area (Å²) in [7, 11) is 0. The Morgan fingerprint density at radius 2 is 2.00 bits per heavy atom. The predicted octanol–water partition coefficient (Wildman–Crippen LogP) is 2.08. The second-order valence-corrected chi connectivity index (χ2v) is 3.24. The van der Waals surface area contributed by atoms with Crippen molar-refractivity contribution in [2.75, 3.05) is 0 Å². The van der Waals surface area contributed by atoms with Gasteiger partial charge in [0.05, 0.1) is 0 Å². The van der Waals surface area contributed by atoms with Crippen LogP contribution in [0.5, 0.6) is 0 Å². The third-order valence-electron chi connectivity index (χ3n) is 2.21. The highest BCUT2D eigenvalue weighted by atomic mass is 16.4. The molecule has 0 atom stereocenters. The first-order chi connectivity index (χ1) is 7.20. The van der Waals surface area contributed by atoms with E-state index in [0.29, 0.717) is 5.56 Å². The van der Waals surface area contributed by atoms with Crippen molar-refractivity contribution < 1.29 is 9.90 Å². The number of carboxylic acids is 1. The van der Waals surface area contributed by atoms with E-state index >= 15 is 0 Å². The summed E-state index contributed by atoms with van der Waals surface area (Å²) in [6.45, 7) is 1.81. The van der Waals surface area contributed by atoms with E-state index in [1.165, 1.54) is 0 Å². The molecule has 0 fully saturated rings. The third-order valence-corrected chi connectivity index (χ3v) is 2.21. The van der Waals surface area contributed by atoms with Gasteiger partial charge in [-0.1, -0.05) is 30.3 Å². The summed E-state index contributed by atoms with van der Waals surface area (Å²) < 4.78 is 0. The molecular weight excluding hydrogens is 192 g/mol. The maximum Gasteiger partial charge on any atom is 0.357 e. The number of nitrogens with zero attached hydrogens (tertiary/aromatic N) is 1. The SMILES string of the molecule is Cc1[nH]nc(C(=O)O)c1-c1ccccc1. The van der Waals surface area contributed by atoms with Gasteiger partial charge in [0.25, 0.3) is 0 Å². The number of hydrogen-bond acceptors (Lipinski definition) is 2. The second kappa shape index (κ2) is 3.57. The van der Waals surface area contributed by atoms with Crippen molar-refractivity contribution in [3.05, 3.63) is 41.7 Å². The fourth-order valence-corrected chi connectivity index (χ4v) is 1.54. The van der Waals surface area contributed by atoms with Crippen molar-refractivity contribution in [3.8, 4) is 11.1 Å². The maximum atomic E-state index is 10.9. The number of aromatic carboxylic acids is 1. The standard InChI is InChI=1S/C11H10N2O2/c1-7-9(8-5-3-2-4-6-8)10(11(14)15)13-12-7/h2-6H,1H3,(H,12,13)(H,14,15). The monoisotopic (exact) mass is 202 g/mol. The summed E-state index contributed by atoms with van der Waals surface area (Å²) in [5.41, 5.74) is 2.35. The fourth-order valence-electron chi connectivity index (χ4n) is 1.54. The molecule has 2 aromatic rings. The predicted molar refractivity (Wildman–Crippen MR) is 55.7 cm³/mol. The van der Waals surface area contributed by atoms with Gasteiger partial charge in [-0.25, -0.2) is 4.79 Å². The Hall–Kier alpha value is -2.10. The van der Waals surface area contributed by atoms with Gasteiger partial charge >= 0.3 is 5.97 Å². The average molecular weight is 202 g/mol. The first kappa shape index (κ1) is 9.45. The minimum atomic E-state index is -1.02. The molecule has 0 aliphatic rings. The number of aryl methyl sites for hydroxylation is 1. The van der Waals surface area contributed by atoms with Gasteiger partial charge in [-0.05, 0) is 12.5 Å². The third kappa shape index (κ3) is 1.61. The number of carbonyl (C=O) groups is 1. The van der Waals surface area contributed by atoms with Crippen LogP contribution in [0, 0.1) is 6.92 Å². The molecule has 0 saturated heterocycles. The number of hydrogen-bond donors (Lipinski definition) is 2. The number of carboxylic acid groups (broad SMARTS) is 1. The molecule has 4 nitrogen and oxygen atoms in total. The van der Waals surface area contributed by atoms with Crippen LogP contribution in [0.15, 0.2) is 30.3 Å². The van der Waals surface area contributed by atoms with Gasteiger partial charge < -0.3 is 5.11 Å². The van der Waals surface area contributed by atoms with Gasteiger partial charge in [0.2, 0.25) is 0 Å². The highest BCUT2D eigenvalue weighted by Gasteiger charge is 2.17. The van der Waals surface area contributed by atoms with Crippen LogP contribution in [-0.2, 0) is 0 Å². The summed E-state index contributed by atoms with van der Waals surface area (Å²) in [4.78, 5) is 10.9. The van der Waals surface area contributed by atoms with E-state index in [-0.39, 0.29) is 5.69 Å². The number of H-pyrrole nitrogens is 1. The van der Waals surface area contributed by atoms with E-state index in [9.17, 15) is 4.79 Å². The Morgan fingerprint density at radius 1 is 1.33 bits per heavy atom. The lowest BCUT2D eigenvalue weighted by Crippen LogP contribution is -1.99. The minimum absolute atomic E-state index is 0.0682. The summed E-state index contributed by atoms with van der Waals surface area (Å²) in [5, 5.41) is 15.4. The molecule has 4 heteroatoms. The molecule has 2 rings (SSSR count). The van der Waals surface area contributed by atoms with E-state index in [1.54, 1.807) is 0 Å². The van der Waals surface area contributed by atoms with Gasteiger partial charge in [0, 0.05) is 11.3 Å². The highest BCUT2D eigenvalue weighted by molar-refractivity contribution is 5.94. The smallest absolute Gasteiger partial charge is 0.357 e. The normalized spacial score (nSPS) is 10.2. The van der Waals surface area contributed by atoms with Gasteiger partial charge in [-0.3, -0.25) is 5.10 Å². The maximum absolute atomic E-state index is 10.9. The number of aromatic nitrogens is 2. The van der Waals surface area contributed by atoms with Gasteiger partial charge in [-0.15, -0.1) is 0 Å². The van der Waals surface area contributed by atoms with Crippen LogP contribution < -0.4 is 0 Å². The van der Waals surface area contributed by atoms with E-state index < -0.39 is 5.97 Å². The lowest BCUT2D eigenvalue weighted by atomic mass is 10.0. The molecule has 0 amide bonds. The molecule has 0 saturated carbocycles. The molecule has 76 valence electrons.